The van der Waals surface area contributed by atoms with Gasteiger partial charge in [-0.05, 0) is 73.7 Å². The second-order valence-electron chi connectivity index (χ2n) is 17.2. The number of carboxylic acid groups (broad SMARTS) is 3. The molecular formula is C50H64ClFN10O12. The van der Waals surface area contributed by atoms with Crippen LogP contribution < -0.4 is 31.9 Å². The van der Waals surface area contributed by atoms with Gasteiger partial charge in [0.15, 0.2) is 0 Å². The molecule has 22 nitrogen and oxygen atoms in total. The van der Waals surface area contributed by atoms with Crippen molar-refractivity contribution in [3.05, 3.63) is 117 Å². The molecule has 0 aliphatic carbocycles. The van der Waals surface area contributed by atoms with Crippen LogP contribution in [0, 0.1) is 5.82 Å². The van der Waals surface area contributed by atoms with Gasteiger partial charge in [0.2, 0.25) is 29.5 Å². The predicted molar refractivity (Wildman–Crippen MR) is 269 cm³/mol. The zero-order chi connectivity index (χ0) is 54.3. The lowest BCUT2D eigenvalue weighted by molar-refractivity contribution is -0.141. The van der Waals surface area contributed by atoms with E-state index in [0.29, 0.717) is 25.7 Å². The van der Waals surface area contributed by atoms with Crippen LogP contribution in [0.1, 0.15) is 93.7 Å². The molecular weight excluding hydrogens is 987 g/mol. The number of hydrogen-bond acceptors (Lipinski definition) is 10. The highest BCUT2D eigenvalue weighted by Crippen LogP contribution is 2.18. The first-order valence-corrected chi connectivity index (χ1v) is 24.5. The van der Waals surface area contributed by atoms with E-state index in [1.54, 1.807) is 42.5 Å². The van der Waals surface area contributed by atoms with Crippen molar-refractivity contribution < 1.29 is 62.9 Å². The molecule has 0 aliphatic rings. The summed E-state index contributed by atoms with van der Waals surface area (Å²) in [5.41, 5.74) is 10.3. The molecule has 0 saturated heterocycles. The number of nitrogens with one attached hydrogen (secondary N) is 6. The third-order valence-electron chi connectivity index (χ3n) is 11.4. The number of carbonyl (C=O) groups is 9. The highest BCUT2D eigenvalue weighted by molar-refractivity contribution is 6.30. The van der Waals surface area contributed by atoms with Crippen molar-refractivity contribution in [3.8, 4) is 0 Å². The van der Waals surface area contributed by atoms with Crippen molar-refractivity contribution in [2.45, 2.75) is 121 Å². The van der Waals surface area contributed by atoms with Crippen molar-refractivity contribution in [2.75, 3.05) is 26.2 Å². The fourth-order valence-electron chi connectivity index (χ4n) is 7.40. The number of carbonyl (C=O) groups excluding carboxylic acids is 6. The molecule has 4 atom stereocenters. The minimum absolute atomic E-state index is 0.0592. The molecule has 0 heterocycles. The van der Waals surface area contributed by atoms with Crippen LogP contribution in [0.5, 0.6) is 0 Å². The van der Waals surface area contributed by atoms with E-state index < -0.39 is 90.4 Å². The summed E-state index contributed by atoms with van der Waals surface area (Å²) in [4.78, 5) is 117. The van der Waals surface area contributed by atoms with Gasteiger partial charge in [-0.25, -0.2) is 18.8 Å². The van der Waals surface area contributed by atoms with Crippen molar-refractivity contribution in [3.63, 3.8) is 0 Å². The van der Waals surface area contributed by atoms with Gasteiger partial charge in [0, 0.05) is 86.7 Å². The number of hydrogen-bond donors (Lipinski definition) is 9. The number of rotatable bonds is 35. The summed E-state index contributed by atoms with van der Waals surface area (Å²) in [5.74, 6) is -7.20. The van der Waals surface area contributed by atoms with Crippen LogP contribution in [0.4, 0.5) is 9.18 Å². The normalized spacial score (nSPS) is 12.3. The smallest absolute Gasteiger partial charge is 0.326 e. The molecule has 3 rings (SSSR count). The van der Waals surface area contributed by atoms with Crippen LogP contribution in [-0.2, 0) is 57.7 Å². The first-order chi connectivity index (χ1) is 35.4. The van der Waals surface area contributed by atoms with E-state index in [4.69, 9.17) is 22.2 Å². The quantitative estimate of drug-likeness (QED) is 0.0166. The number of amides is 7. The Morgan fingerprint density at radius 2 is 1.22 bits per heavy atom. The Labute approximate surface area is 432 Å². The van der Waals surface area contributed by atoms with E-state index in [1.165, 1.54) is 17.0 Å². The molecule has 0 fully saturated rings. The monoisotopic (exact) mass is 1050 g/mol. The lowest BCUT2D eigenvalue weighted by Gasteiger charge is -2.24. The summed E-state index contributed by atoms with van der Waals surface area (Å²) in [6, 6.07) is 15.8. The molecule has 3 aromatic carbocycles. The van der Waals surface area contributed by atoms with E-state index >= 15 is 0 Å². The van der Waals surface area contributed by atoms with Crippen LogP contribution in [0.2, 0.25) is 5.02 Å². The molecule has 0 aromatic heterocycles. The highest BCUT2D eigenvalue weighted by Gasteiger charge is 2.28. The Bertz CT molecular complexity index is 2400. The molecule has 0 spiro atoms. The minimum atomic E-state index is -1.57. The van der Waals surface area contributed by atoms with Crippen molar-refractivity contribution in [1.29, 1.82) is 0 Å². The zero-order valence-corrected chi connectivity index (χ0v) is 41.6. The third kappa shape index (κ3) is 24.6. The van der Waals surface area contributed by atoms with Gasteiger partial charge in [-0.15, -0.1) is 0 Å². The van der Waals surface area contributed by atoms with E-state index in [-0.39, 0.29) is 101 Å². The molecule has 0 saturated carbocycles. The number of halogens is 2. The molecule has 9 N–H and O–H groups in total. The predicted octanol–water partition coefficient (Wildman–Crippen LogP) is 4.78. The standard InChI is InChI=1S/C50H64ClFN10O12/c51-36-20-19-35(37(52)31-36)32-62(28-11-9-17-38(48(70)71)59-50(74)60-39(49(72)73)21-24-45(66)67)44(65)18-8-3-10-25-54-42(63)22-23-43(64)57-41(30-34-15-6-2-7-16-34)47(69)58-40(29-33-13-4-1-5-14-33)46(68)55-26-12-27-56-61-53/h1-2,4-7,13-16,19-20,31,38-41H,3,8-12,17-18,21-30,32H2,(H,54,63)(H,55,68)(H,57,64)(H,58,69)(H,66,67)(H,70,71)(H,72,73)(H2,59,60,74)/t38-,39-,40-,41-/m0/s1. The maximum absolute atomic E-state index is 14.8. The Hall–Kier alpha value is -7.78. The van der Waals surface area contributed by atoms with E-state index in [0.717, 1.165) is 17.2 Å². The van der Waals surface area contributed by atoms with E-state index in [9.17, 15) is 57.8 Å². The number of unbranched alkanes of at least 4 members (excludes halogenated alkanes) is 3. The molecule has 400 valence electrons. The fourth-order valence-corrected chi connectivity index (χ4v) is 7.56. The Kier molecular flexibility index (Phi) is 27.6. The average molecular weight is 1050 g/mol. The van der Waals surface area contributed by atoms with E-state index in [2.05, 4.69) is 41.9 Å². The molecule has 0 bridgehead atoms. The fraction of sp³-hybridized carbons (Fsp3) is 0.460. The van der Waals surface area contributed by atoms with Gasteiger partial charge in [-0.1, -0.05) is 89.9 Å². The number of azide groups is 1. The topological polar surface area (TPSA) is 338 Å². The average Bonchev–Trinajstić information content (AvgIpc) is 3.36. The Balaban J connectivity index is 1.50. The third-order valence-corrected chi connectivity index (χ3v) is 11.6. The Morgan fingerprint density at radius 1 is 0.622 bits per heavy atom. The summed E-state index contributed by atoms with van der Waals surface area (Å²) < 4.78 is 14.8. The van der Waals surface area contributed by atoms with Gasteiger partial charge >= 0.3 is 23.9 Å². The molecule has 0 aliphatic heterocycles. The highest BCUT2D eigenvalue weighted by atomic mass is 35.5. The van der Waals surface area contributed by atoms with Crippen molar-refractivity contribution in [1.82, 2.24) is 36.8 Å². The number of aliphatic carboxylic acids is 3. The van der Waals surface area contributed by atoms with Gasteiger partial charge in [0.05, 0.1) is 0 Å². The maximum Gasteiger partial charge on any atom is 0.326 e. The van der Waals surface area contributed by atoms with E-state index in [1.807, 2.05) is 18.2 Å². The largest absolute Gasteiger partial charge is 0.481 e. The van der Waals surface area contributed by atoms with Gasteiger partial charge in [0.25, 0.3) is 0 Å². The molecule has 0 unspecified atom stereocenters. The molecule has 7 amide bonds. The van der Waals surface area contributed by atoms with Crippen LogP contribution in [0.3, 0.4) is 0 Å². The number of nitrogens with zero attached hydrogens (tertiary/aromatic N) is 4. The Morgan fingerprint density at radius 3 is 1.81 bits per heavy atom. The summed E-state index contributed by atoms with van der Waals surface area (Å²) in [5, 5.41) is 46.7. The summed E-state index contributed by atoms with van der Waals surface area (Å²) >= 11 is 5.93. The molecule has 0 radical (unpaired) electrons. The summed E-state index contributed by atoms with van der Waals surface area (Å²) in [7, 11) is 0. The maximum atomic E-state index is 14.8. The number of carboxylic acids is 3. The van der Waals surface area contributed by atoms with Crippen LogP contribution in [-0.4, -0.2) is 124 Å². The second-order valence-corrected chi connectivity index (χ2v) is 17.6. The number of urea groups is 1. The summed E-state index contributed by atoms with van der Waals surface area (Å²) in [6.45, 7) is 0.591. The SMILES string of the molecule is [N-]=[N+]=NCCCNC(=O)[C@H](Cc1ccccc1)NC(=O)[C@H](Cc1ccccc1)NC(=O)CCC(=O)NCCCCCC(=O)N(CCCC[C@H](NC(=O)N[C@@H](CCC(=O)O)C(=O)O)C(=O)O)Cc1ccc(Cl)cc1F. The molecule has 74 heavy (non-hydrogen) atoms. The summed E-state index contributed by atoms with van der Waals surface area (Å²) in [6.07, 6.45) is 0.995. The van der Waals surface area contributed by atoms with Gasteiger partial charge in [0.1, 0.15) is 30.0 Å². The van der Waals surface area contributed by atoms with Crippen molar-refractivity contribution >= 4 is 65.1 Å². The lowest BCUT2D eigenvalue weighted by Crippen LogP contribution is -2.55. The first kappa shape index (κ1) is 60.5. The van der Waals surface area contributed by atoms with Crippen LogP contribution >= 0.6 is 11.6 Å². The minimum Gasteiger partial charge on any atom is -0.481 e. The molecule has 3 aromatic rings. The van der Waals surface area contributed by atoms with Gasteiger partial charge < -0.3 is 52.1 Å². The van der Waals surface area contributed by atoms with Crippen LogP contribution in [0.25, 0.3) is 10.4 Å². The van der Waals surface area contributed by atoms with Crippen LogP contribution in [0.15, 0.2) is 84.0 Å². The number of benzene rings is 3. The van der Waals surface area contributed by atoms with Gasteiger partial charge in [-0.3, -0.25) is 28.8 Å². The first-order valence-electron chi connectivity index (χ1n) is 24.1. The molecule has 24 heteroatoms. The second kappa shape index (κ2) is 33.8. The zero-order valence-electron chi connectivity index (χ0n) is 40.8. The van der Waals surface area contributed by atoms with Gasteiger partial charge in [-0.2, -0.15) is 0 Å². The van der Waals surface area contributed by atoms with Crippen molar-refractivity contribution in [2.24, 2.45) is 5.11 Å². The lowest BCUT2D eigenvalue weighted by atomic mass is 10.0.